The molecular weight excluding hydrogens is 198 g/mol. The largest absolute Gasteiger partial charge is 0.384 e. The van der Waals surface area contributed by atoms with E-state index in [0.717, 1.165) is 25.1 Å². The molecule has 0 saturated carbocycles. The minimum Gasteiger partial charge on any atom is -0.384 e. The molecule has 3 heteroatoms. The van der Waals surface area contributed by atoms with E-state index in [0.29, 0.717) is 11.8 Å². The molecule has 0 aliphatic rings. The number of anilines is 1. The smallest absolute Gasteiger partial charge is 0.124 e. The van der Waals surface area contributed by atoms with Crippen LogP contribution in [0.4, 0.5) is 5.82 Å². The standard InChI is InChI=1S/C13H25N3/c1-6-10(7-2)12-11(8-9(3)4)13(14)16(5)15-12/h9-10H,6-8,14H2,1-5H3. The molecule has 1 aromatic rings. The van der Waals surface area contributed by atoms with E-state index < -0.39 is 0 Å². The lowest BCUT2D eigenvalue weighted by Crippen LogP contribution is -2.04. The van der Waals surface area contributed by atoms with Crippen molar-refractivity contribution in [1.29, 1.82) is 0 Å². The van der Waals surface area contributed by atoms with Gasteiger partial charge in [-0.3, -0.25) is 4.68 Å². The summed E-state index contributed by atoms with van der Waals surface area (Å²) in [6.45, 7) is 8.89. The van der Waals surface area contributed by atoms with Crippen LogP contribution in [0.5, 0.6) is 0 Å². The van der Waals surface area contributed by atoms with Gasteiger partial charge < -0.3 is 5.73 Å². The van der Waals surface area contributed by atoms with Crippen molar-refractivity contribution in [2.24, 2.45) is 13.0 Å². The topological polar surface area (TPSA) is 43.8 Å². The van der Waals surface area contributed by atoms with E-state index in [2.05, 4.69) is 32.8 Å². The lowest BCUT2D eigenvalue weighted by atomic mass is 9.92. The summed E-state index contributed by atoms with van der Waals surface area (Å²) >= 11 is 0. The Hall–Kier alpha value is -0.990. The number of hydrogen-bond donors (Lipinski definition) is 1. The van der Waals surface area contributed by atoms with Crippen molar-refractivity contribution >= 4 is 5.82 Å². The van der Waals surface area contributed by atoms with E-state index in [1.165, 1.54) is 11.3 Å². The van der Waals surface area contributed by atoms with Gasteiger partial charge in [-0.1, -0.05) is 27.7 Å². The maximum Gasteiger partial charge on any atom is 0.124 e. The Bertz CT molecular complexity index is 335. The van der Waals surface area contributed by atoms with Crippen LogP contribution >= 0.6 is 0 Å². The lowest BCUT2D eigenvalue weighted by Gasteiger charge is -2.13. The van der Waals surface area contributed by atoms with E-state index in [1.807, 2.05) is 11.7 Å². The monoisotopic (exact) mass is 223 g/mol. The van der Waals surface area contributed by atoms with Gasteiger partial charge >= 0.3 is 0 Å². The maximum absolute atomic E-state index is 6.10. The molecule has 92 valence electrons. The normalized spacial score (nSPS) is 11.7. The average molecular weight is 223 g/mol. The second-order valence-corrected chi connectivity index (χ2v) is 4.98. The predicted molar refractivity (Wildman–Crippen MR) is 69.5 cm³/mol. The third-order valence-electron chi connectivity index (χ3n) is 3.21. The molecule has 0 saturated heterocycles. The zero-order chi connectivity index (χ0) is 12.3. The van der Waals surface area contributed by atoms with Gasteiger partial charge in [0.2, 0.25) is 0 Å². The molecule has 0 bridgehead atoms. The molecule has 3 nitrogen and oxygen atoms in total. The van der Waals surface area contributed by atoms with Gasteiger partial charge in [-0.25, -0.2) is 0 Å². The van der Waals surface area contributed by atoms with Gasteiger partial charge in [-0.05, 0) is 25.2 Å². The van der Waals surface area contributed by atoms with Gasteiger partial charge in [-0.15, -0.1) is 0 Å². The third-order valence-corrected chi connectivity index (χ3v) is 3.21. The first-order valence-electron chi connectivity index (χ1n) is 6.32. The first-order chi connectivity index (χ1) is 7.51. The van der Waals surface area contributed by atoms with Crippen molar-refractivity contribution in [3.8, 4) is 0 Å². The Morgan fingerprint density at radius 3 is 2.25 bits per heavy atom. The van der Waals surface area contributed by atoms with Crippen LogP contribution in [0.15, 0.2) is 0 Å². The van der Waals surface area contributed by atoms with Crippen molar-refractivity contribution in [1.82, 2.24) is 9.78 Å². The van der Waals surface area contributed by atoms with Gasteiger partial charge in [0.1, 0.15) is 5.82 Å². The summed E-state index contributed by atoms with van der Waals surface area (Å²) < 4.78 is 1.82. The third kappa shape index (κ3) is 2.57. The molecule has 0 fully saturated rings. The minimum absolute atomic E-state index is 0.553. The van der Waals surface area contributed by atoms with E-state index >= 15 is 0 Å². The van der Waals surface area contributed by atoms with Crippen LogP contribution in [0.25, 0.3) is 0 Å². The summed E-state index contributed by atoms with van der Waals surface area (Å²) in [6.07, 6.45) is 3.31. The highest BCUT2D eigenvalue weighted by Gasteiger charge is 2.20. The molecule has 16 heavy (non-hydrogen) atoms. The summed E-state index contributed by atoms with van der Waals surface area (Å²) in [4.78, 5) is 0. The molecule has 0 aliphatic carbocycles. The van der Waals surface area contributed by atoms with Crippen LogP contribution in [-0.2, 0) is 13.5 Å². The highest BCUT2D eigenvalue weighted by Crippen LogP contribution is 2.30. The van der Waals surface area contributed by atoms with Crippen LogP contribution in [0.2, 0.25) is 0 Å². The molecular formula is C13H25N3. The van der Waals surface area contributed by atoms with E-state index in [-0.39, 0.29) is 0 Å². The van der Waals surface area contributed by atoms with Gasteiger partial charge in [0, 0.05) is 18.5 Å². The van der Waals surface area contributed by atoms with Crippen LogP contribution in [0.1, 0.15) is 57.7 Å². The number of nitrogens with zero attached hydrogens (tertiary/aromatic N) is 2. The van der Waals surface area contributed by atoms with Crippen molar-refractivity contribution in [2.45, 2.75) is 52.9 Å². The number of aromatic nitrogens is 2. The Morgan fingerprint density at radius 1 is 1.25 bits per heavy atom. The summed E-state index contributed by atoms with van der Waals surface area (Å²) in [5, 5.41) is 4.60. The molecule has 0 aromatic carbocycles. The molecule has 0 aliphatic heterocycles. The Balaban J connectivity index is 3.11. The first-order valence-corrected chi connectivity index (χ1v) is 6.32. The second kappa shape index (κ2) is 5.37. The predicted octanol–water partition coefficient (Wildman–Crippen LogP) is 3.10. The van der Waals surface area contributed by atoms with Crippen molar-refractivity contribution in [3.05, 3.63) is 11.3 Å². The molecule has 1 heterocycles. The fraction of sp³-hybridized carbons (Fsp3) is 0.769. The molecule has 1 aromatic heterocycles. The summed E-state index contributed by atoms with van der Waals surface area (Å²) in [7, 11) is 1.94. The van der Waals surface area contributed by atoms with Crippen molar-refractivity contribution < 1.29 is 0 Å². The average Bonchev–Trinajstić information content (AvgIpc) is 2.48. The Labute approximate surface area is 99.0 Å². The highest BCUT2D eigenvalue weighted by atomic mass is 15.3. The Morgan fingerprint density at radius 2 is 1.81 bits per heavy atom. The van der Waals surface area contributed by atoms with E-state index in [4.69, 9.17) is 5.73 Å². The molecule has 0 radical (unpaired) electrons. The van der Waals surface area contributed by atoms with Crippen molar-refractivity contribution in [2.75, 3.05) is 5.73 Å². The van der Waals surface area contributed by atoms with Gasteiger partial charge in [0.15, 0.2) is 0 Å². The fourth-order valence-electron chi connectivity index (χ4n) is 2.22. The number of aryl methyl sites for hydroxylation is 1. The lowest BCUT2D eigenvalue weighted by molar-refractivity contribution is 0.587. The maximum atomic E-state index is 6.10. The van der Waals surface area contributed by atoms with Gasteiger partial charge in [0.25, 0.3) is 0 Å². The first kappa shape index (κ1) is 13.1. The highest BCUT2D eigenvalue weighted by molar-refractivity contribution is 5.45. The molecule has 0 unspecified atom stereocenters. The molecule has 0 amide bonds. The summed E-state index contributed by atoms with van der Waals surface area (Å²) in [6, 6.07) is 0. The summed E-state index contributed by atoms with van der Waals surface area (Å²) in [5.41, 5.74) is 8.59. The number of hydrogen-bond acceptors (Lipinski definition) is 2. The summed E-state index contributed by atoms with van der Waals surface area (Å²) in [5.74, 6) is 2.02. The Kier molecular flexibility index (Phi) is 4.39. The van der Waals surface area contributed by atoms with Crippen LogP contribution in [0.3, 0.4) is 0 Å². The van der Waals surface area contributed by atoms with Crippen LogP contribution < -0.4 is 5.73 Å². The number of nitrogen functional groups attached to an aromatic ring is 1. The fourth-order valence-corrected chi connectivity index (χ4v) is 2.22. The zero-order valence-electron chi connectivity index (χ0n) is 11.2. The molecule has 0 spiro atoms. The van der Waals surface area contributed by atoms with E-state index in [1.54, 1.807) is 0 Å². The second-order valence-electron chi connectivity index (χ2n) is 4.98. The number of rotatable bonds is 5. The van der Waals surface area contributed by atoms with Crippen LogP contribution in [0, 0.1) is 5.92 Å². The SMILES string of the molecule is CCC(CC)c1nn(C)c(N)c1CC(C)C. The van der Waals surface area contributed by atoms with E-state index in [9.17, 15) is 0 Å². The quantitative estimate of drug-likeness (QED) is 0.833. The van der Waals surface area contributed by atoms with Crippen molar-refractivity contribution in [3.63, 3.8) is 0 Å². The molecule has 0 atom stereocenters. The minimum atomic E-state index is 0.553. The van der Waals surface area contributed by atoms with Crippen LogP contribution in [-0.4, -0.2) is 9.78 Å². The zero-order valence-corrected chi connectivity index (χ0v) is 11.2. The molecule has 1 rings (SSSR count). The van der Waals surface area contributed by atoms with Gasteiger partial charge in [0.05, 0.1) is 5.69 Å². The number of nitrogens with two attached hydrogens (primary N) is 1. The molecule has 2 N–H and O–H groups in total. The van der Waals surface area contributed by atoms with Gasteiger partial charge in [-0.2, -0.15) is 5.10 Å².